The van der Waals surface area contributed by atoms with Crippen LogP contribution in [0.5, 0.6) is 5.75 Å². The number of hydrogen-bond donors (Lipinski definition) is 3. The Hall–Kier alpha value is -0.500. The summed E-state index contributed by atoms with van der Waals surface area (Å²) in [7, 11) is 1.57. The van der Waals surface area contributed by atoms with Crippen LogP contribution in [0, 0.1) is 24.7 Å². The van der Waals surface area contributed by atoms with Crippen molar-refractivity contribution in [3.63, 3.8) is 0 Å². The minimum absolute atomic E-state index is 0. The van der Waals surface area contributed by atoms with Gasteiger partial charge in [0.25, 0.3) is 5.79 Å². The summed E-state index contributed by atoms with van der Waals surface area (Å²) in [5.74, 6) is -1.80. The number of carboxylic acids is 1. The van der Waals surface area contributed by atoms with Gasteiger partial charge < -0.3 is 39.4 Å². The summed E-state index contributed by atoms with van der Waals surface area (Å²) in [5.41, 5.74) is 0.589. The quantitative estimate of drug-likeness (QED) is 0.201. The summed E-state index contributed by atoms with van der Waals surface area (Å²) < 4.78 is 17.2. The Labute approximate surface area is 241 Å². The fraction of sp³-hybridized carbons (Fsp3) is 0.720. The zero-order chi connectivity index (χ0) is 25.6. The van der Waals surface area contributed by atoms with E-state index in [9.17, 15) is 25.2 Å². The Morgan fingerprint density at radius 2 is 1.76 bits per heavy atom. The first-order valence-corrected chi connectivity index (χ1v) is 12.7. The third-order valence-corrected chi connectivity index (χ3v) is 9.50. The molecule has 1 spiro atoms. The Bertz CT molecular complexity index is 1050. The van der Waals surface area contributed by atoms with Crippen LogP contribution in [0.1, 0.15) is 43.2 Å². The molecule has 8 atom stereocenters. The van der Waals surface area contributed by atoms with E-state index in [1.807, 2.05) is 6.07 Å². The van der Waals surface area contributed by atoms with Crippen LogP contribution >= 0.6 is 11.6 Å². The van der Waals surface area contributed by atoms with Gasteiger partial charge >= 0.3 is 29.6 Å². The molecule has 3 N–H and O–H groups in total. The summed E-state index contributed by atoms with van der Waals surface area (Å²) in [6.45, 7) is 1.77. The molecule has 4 saturated carbocycles. The third kappa shape index (κ3) is 3.94. The first-order valence-electron chi connectivity index (χ1n) is 12.3. The minimum Gasteiger partial charge on any atom is -0.547 e. The van der Waals surface area contributed by atoms with E-state index in [4.69, 9.17) is 35.6 Å². The number of aliphatic hydroxyl groups is 3. The predicted molar refractivity (Wildman–Crippen MR) is 119 cm³/mol. The molecule has 198 valence electrons. The van der Waals surface area contributed by atoms with Crippen LogP contribution in [0.2, 0.25) is 0 Å². The van der Waals surface area contributed by atoms with Crippen molar-refractivity contribution in [3.8, 4) is 5.75 Å². The van der Waals surface area contributed by atoms with Gasteiger partial charge in [0.2, 0.25) is 6.29 Å². The number of alkyl halides is 1. The molecule has 2 heterocycles. The normalized spacial score (nSPS) is 47.8. The summed E-state index contributed by atoms with van der Waals surface area (Å²) >= 11 is 6.97. The smallest absolute Gasteiger partial charge is 0.547 e. The van der Waals surface area contributed by atoms with Crippen LogP contribution < -0.4 is 39.4 Å². The number of halogens is 1. The second kappa shape index (κ2) is 9.55. The van der Waals surface area contributed by atoms with Crippen molar-refractivity contribution in [2.45, 2.75) is 86.0 Å². The number of benzene rings is 1. The zero-order valence-corrected chi connectivity index (χ0v) is 23.7. The molecular weight excluding hydrogens is 519 g/mol. The van der Waals surface area contributed by atoms with Gasteiger partial charge in [0, 0.05) is 17.5 Å². The molecule has 12 heteroatoms. The molecule has 6 aliphatic rings. The van der Waals surface area contributed by atoms with Gasteiger partial charge in [0.1, 0.15) is 30.2 Å². The number of carbonyl (C=O) groups is 1. The van der Waals surface area contributed by atoms with Crippen LogP contribution in [0.4, 0.5) is 0 Å². The van der Waals surface area contributed by atoms with Crippen molar-refractivity contribution in [1.82, 2.24) is 0 Å². The molecule has 0 radical (unpaired) electrons. The van der Waals surface area contributed by atoms with Crippen LogP contribution in [-0.4, -0.2) is 69.6 Å². The maximum absolute atomic E-state index is 11.4. The van der Waals surface area contributed by atoms with Crippen LogP contribution in [0.25, 0.3) is 0 Å². The van der Waals surface area contributed by atoms with Crippen molar-refractivity contribution in [3.05, 3.63) is 29.3 Å². The molecule has 10 nitrogen and oxygen atoms in total. The van der Waals surface area contributed by atoms with Gasteiger partial charge in [-0.15, -0.1) is 11.6 Å². The minimum atomic E-state index is -1.87. The van der Waals surface area contributed by atoms with Crippen LogP contribution in [0.15, 0.2) is 18.2 Å². The standard InChI is InChI=1S/C25H31ClO10.Na/c1-11-3-4-13(7-16(11)33-22-19(29)17(27)18(28)20(34-22)21(30)31)25(32-2)24(35-36-25)14-5-12-6-15(24)10-23(26,8-12)9-14;/h3-4,7,12,14-15,17-20,22,27-29H,5-6,8-10H2,1-2H3,(H,30,31);/q;+1/p-1/t12?,14?,15?,17-,18-,19+,20-,22+,23?,24?,25?;/m0./s1. The number of ether oxygens (including phenoxy) is 3. The molecule has 3 unspecified atom stereocenters. The number of carboxylic acid groups (broad SMARTS) is 1. The number of aliphatic hydroxyl groups excluding tert-OH is 3. The largest absolute Gasteiger partial charge is 1.00 e. The van der Waals surface area contributed by atoms with Gasteiger partial charge in [0.15, 0.2) is 5.60 Å². The van der Waals surface area contributed by atoms with Gasteiger partial charge in [-0.05, 0) is 68.4 Å². The van der Waals surface area contributed by atoms with Crippen molar-refractivity contribution in [2.75, 3.05) is 7.11 Å². The topological polar surface area (TPSA) is 147 Å². The van der Waals surface area contributed by atoms with E-state index in [0.29, 0.717) is 17.0 Å². The maximum atomic E-state index is 11.4. The predicted octanol–water partition coefficient (Wildman–Crippen LogP) is -2.75. The average Bonchev–Trinajstić information content (AvgIpc) is 2.80. The summed E-state index contributed by atoms with van der Waals surface area (Å²) in [6, 6.07) is 5.33. The van der Waals surface area contributed by atoms with Crippen molar-refractivity contribution < 1.29 is 78.8 Å². The molecule has 1 aromatic rings. The molecule has 2 aliphatic heterocycles. The Morgan fingerprint density at radius 1 is 1.08 bits per heavy atom. The first-order chi connectivity index (χ1) is 17.0. The van der Waals surface area contributed by atoms with E-state index in [2.05, 4.69) is 0 Å². The molecule has 7 rings (SSSR count). The van der Waals surface area contributed by atoms with E-state index in [1.165, 1.54) is 0 Å². The van der Waals surface area contributed by atoms with Gasteiger partial charge in [-0.25, -0.2) is 4.89 Å². The second-order valence-electron chi connectivity index (χ2n) is 11.1. The van der Waals surface area contributed by atoms with E-state index >= 15 is 0 Å². The van der Waals surface area contributed by atoms with Gasteiger partial charge in [-0.1, -0.05) is 12.1 Å². The second-order valence-corrected chi connectivity index (χ2v) is 11.9. The number of methoxy groups -OCH3 is 1. The Morgan fingerprint density at radius 3 is 2.30 bits per heavy atom. The molecule has 37 heavy (non-hydrogen) atoms. The van der Waals surface area contributed by atoms with E-state index in [-0.39, 0.29) is 52.0 Å². The fourth-order valence-electron chi connectivity index (χ4n) is 7.54. The molecule has 2 saturated heterocycles. The number of aryl methyl sites for hydroxylation is 1. The number of carbonyl (C=O) groups excluding carboxylic acids is 1. The van der Waals surface area contributed by atoms with Crippen LogP contribution in [-0.2, 0) is 29.8 Å². The van der Waals surface area contributed by atoms with E-state index < -0.39 is 48.1 Å². The molecule has 6 fully saturated rings. The van der Waals surface area contributed by atoms with Gasteiger partial charge in [-0.2, -0.15) is 4.89 Å². The molecule has 0 amide bonds. The maximum Gasteiger partial charge on any atom is 1.00 e. The summed E-state index contributed by atoms with van der Waals surface area (Å²) in [4.78, 5) is 22.9. The average molecular weight is 549 g/mol. The van der Waals surface area contributed by atoms with Gasteiger partial charge in [0.05, 0.1) is 5.97 Å². The van der Waals surface area contributed by atoms with Gasteiger partial charge in [-0.3, -0.25) is 0 Å². The molecule has 4 bridgehead atoms. The molecule has 1 aromatic carbocycles. The van der Waals surface area contributed by atoms with Crippen molar-refractivity contribution in [2.24, 2.45) is 17.8 Å². The molecule has 0 aromatic heterocycles. The summed E-state index contributed by atoms with van der Waals surface area (Å²) in [6.07, 6.45) is -4.17. The van der Waals surface area contributed by atoms with Crippen molar-refractivity contribution >= 4 is 17.6 Å². The van der Waals surface area contributed by atoms with Crippen LogP contribution in [0.3, 0.4) is 0 Å². The molecule has 4 aliphatic carbocycles. The summed E-state index contributed by atoms with van der Waals surface area (Å²) in [5, 5.41) is 41.8. The SMILES string of the molecule is COC1(c2ccc(C)c(O[C@@H]3O[C@H](C(=O)[O-])[C@@H](O)[C@H](O)[C@H]3O)c2)OOC12C1CC3CC2CC(Cl)(C3)C1.[Na+]. The number of rotatable bonds is 5. The monoisotopic (exact) mass is 548 g/mol. The van der Waals surface area contributed by atoms with E-state index in [1.54, 1.807) is 26.2 Å². The molecular formula is C25H30ClNaO10. The number of aliphatic carboxylic acids is 1. The first kappa shape index (κ1) is 28.0. The number of hydrogen-bond acceptors (Lipinski definition) is 10. The van der Waals surface area contributed by atoms with Crippen molar-refractivity contribution in [1.29, 1.82) is 0 Å². The fourth-order valence-corrected chi connectivity index (χ4v) is 8.13. The zero-order valence-electron chi connectivity index (χ0n) is 21.0. The third-order valence-electron chi connectivity index (χ3n) is 9.04. The van der Waals surface area contributed by atoms with E-state index in [0.717, 1.165) is 32.1 Å². The Balaban J connectivity index is 0.00000280. The Kier molecular flexibility index (Phi) is 7.24.